The summed E-state index contributed by atoms with van der Waals surface area (Å²) in [6.45, 7) is 0.665. The van der Waals surface area contributed by atoms with Crippen LogP contribution in [0, 0.1) is 5.92 Å². The Balaban J connectivity index is 1.68. The van der Waals surface area contributed by atoms with E-state index >= 15 is 0 Å². The lowest BCUT2D eigenvalue weighted by Gasteiger charge is -2.23. The molecule has 0 saturated heterocycles. The summed E-state index contributed by atoms with van der Waals surface area (Å²) in [5.41, 5.74) is 6.47. The second kappa shape index (κ2) is 4.61. The van der Waals surface area contributed by atoms with Gasteiger partial charge in [-0.25, -0.2) is 4.98 Å². The molecule has 0 aromatic carbocycles. The number of carbonyl (C=O) groups is 1. The van der Waals surface area contributed by atoms with E-state index in [1.54, 1.807) is 0 Å². The van der Waals surface area contributed by atoms with Crippen molar-refractivity contribution in [2.24, 2.45) is 5.92 Å². The van der Waals surface area contributed by atoms with Crippen molar-refractivity contribution >= 4 is 22.4 Å². The van der Waals surface area contributed by atoms with Gasteiger partial charge in [0.25, 0.3) is 0 Å². The van der Waals surface area contributed by atoms with Crippen LogP contribution in [0.1, 0.15) is 25.0 Å². The fourth-order valence-corrected chi connectivity index (χ4v) is 2.16. The highest BCUT2D eigenvalue weighted by Crippen LogP contribution is 2.26. The first-order valence-corrected chi connectivity index (χ1v) is 6.11. The average Bonchev–Trinajstić information content (AvgIpc) is 2.48. The molecule has 2 rings (SSSR count). The second-order valence-corrected chi connectivity index (χ2v) is 4.74. The fourth-order valence-electron chi connectivity index (χ4n) is 1.57. The number of anilines is 1. The predicted molar refractivity (Wildman–Crippen MR) is 60.6 cm³/mol. The summed E-state index contributed by atoms with van der Waals surface area (Å²) in [6, 6.07) is 0. The molecule has 5 heteroatoms. The lowest BCUT2D eigenvalue weighted by Crippen LogP contribution is -2.35. The molecule has 1 aromatic heterocycles. The molecule has 1 heterocycles. The molecular formula is C10H15N3OS. The van der Waals surface area contributed by atoms with Gasteiger partial charge in [0, 0.05) is 24.3 Å². The molecule has 82 valence electrons. The normalized spacial score (nSPS) is 16.0. The van der Waals surface area contributed by atoms with E-state index in [0.717, 1.165) is 25.0 Å². The molecular weight excluding hydrogens is 210 g/mol. The summed E-state index contributed by atoms with van der Waals surface area (Å²) >= 11 is 1.44. The topological polar surface area (TPSA) is 68.0 Å². The van der Waals surface area contributed by atoms with Crippen LogP contribution in [0.2, 0.25) is 0 Å². The molecule has 1 saturated carbocycles. The summed E-state index contributed by atoms with van der Waals surface area (Å²) in [4.78, 5) is 15.6. The van der Waals surface area contributed by atoms with E-state index in [0.29, 0.717) is 11.7 Å². The monoisotopic (exact) mass is 225 g/mol. The van der Waals surface area contributed by atoms with Crippen LogP contribution in [0.5, 0.6) is 0 Å². The molecule has 0 bridgehead atoms. The maximum atomic E-state index is 11.5. The quantitative estimate of drug-likeness (QED) is 0.808. The van der Waals surface area contributed by atoms with Crippen LogP contribution < -0.4 is 11.1 Å². The number of aromatic nitrogens is 1. The van der Waals surface area contributed by atoms with Gasteiger partial charge in [-0.05, 0) is 12.8 Å². The number of carbonyl (C=O) groups excluding carboxylic acids is 1. The highest BCUT2D eigenvalue weighted by Gasteiger charge is 2.24. The van der Waals surface area contributed by atoms with Gasteiger partial charge in [0.15, 0.2) is 5.13 Å². The molecule has 15 heavy (non-hydrogen) atoms. The number of thiazole rings is 1. The smallest absolute Gasteiger partial charge is 0.223 e. The Hall–Kier alpha value is -1.10. The van der Waals surface area contributed by atoms with Gasteiger partial charge < -0.3 is 11.1 Å². The van der Waals surface area contributed by atoms with Crippen molar-refractivity contribution in [2.75, 3.05) is 12.3 Å². The first-order valence-electron chi connectivity index (χ1n) is 5.23. The molecule has 1 fully saturated rings. The zero-order valence-electron chi connectivity index (χ0n) is 8.53. The number of nitrogen functional groups attached to an aromatic ring is 1. The van der Waals surface area contributed by atoms with Crippen LogP contribution in [0.3, 0.4) is 0 Å². The predicted octanol–water partition coefficient (Wildman–Crippen LogP) is 1.18. The number of hydrogen-bond donors (Lipinski definition) is 2. The summed E-state index contributed by atoms with van der Waals surface area (Å²) in [7, 11) is 0. The van der Waals surface area contributed by atoms with Gasteiger partial charge in [-0.1, -0.05) is 6.42 Å². The van der Waals surface area contributed by atoms with Crippen molar-refractivity contribution in [3.63, 3.8) is 0 Å². The number of nitrogens with two attached hydrogens (primary N) is 1. The second-order valence-electron chi connectivity index (χ2n) is 3.85. The zero-order valence-corrected chi connectivity index (χ0v) is 9.35. The van der Waals surface area contributed by atoms with Gasteiger partial charge in [-0.3, -0.25) is 4.79 Å². The Bertz CT molecular complexity index is 346. The van der Waals surface area contributed by atoms with Gasteiger partial charge in [0.1, 0.15) is 0 Å². The molecule has 4 nitrogen and oxygen atoms in total. The summed E-state index contributed by atoms with van der Waals surface area (Å²) < 4.78 is 0. The van der Waals surface area contributed by atoms with Gasteiger partial charge in [-0.2, -0.15) is 0 Å². The highest BCUT2D eigenvalue weighted by atomic mass is 32.1. The molecule has 0 aliphatic heterocycles. The lowest BCUT2D eigenvalue weighted by atomic mass is 9.85. The standard InChI is InChI=1S/C10H15N3OS/c11-10-13-8(6-15-10)4-5-12-9(14)7-2-1-3-7/h6-7H,1-5H2,(H2,11,13)(H,12,14). The average molecular weight is 225 g/mol. The van der Waals surface area contributed by atoms with Crippen molar-refractivity contribution in [1.82, 2.24) is 10.3 Å². The Morgan fingerprint density at radius 2 is 2.47 bits per heavy atom. The van der Waals surface area contributed by atoms with Crippen LogP contribution in [0.25, 0.3) is 0 Å². The van der Waals surface area contributed by atoms with Crippen LogP contribution in [-0.2, 0) is 11.2 Å². The van der Waals surface area contributed by atoms with Crippen molar-refractivity contribution in [1.29, 1.82) is 0 Å². The molecule has 1 amide bonds. The van der Waals surface area contributed by atoms with Gasteiger partial charge >= 0.3 is 0 Å². The number of nitrogens with one attached hydrogen (secondary N) is 1. The molecule has 0 atom stereocenters. The maximum Gasteiger partial charge on any atom is 0.223 e. The zero-order chi connectivity index (χ0) is 10.7. The molecule has 1 aliphatic rings. The third-order valence-electron chi connectivity index (χ3n) is 2.73. The number of rotatable bonds is 4. The minimum Gasteiger partial charge on any atom is -0.375 e. The van der Waals surface area contributed by atoms with Crippen molar-refractivity contribution in [2.45, 2.75) is 25.7 Å². The van der Waals surface area contributed by atoms with E-state index in [1.807, 2.05) is 5.38 Å². The highest BCUT2D eigenvalue weighted by molar-refractivity contribution is 7.13. The molecule has 0 unspecified atom stereocenters. The number of hydrogen-bond acceptors (Lipinski definition) is 4. The lowest BCUT2D eigenvalue weighted by molar-refractivity contribution is -0.127. The maximum absolute atomic E-state index is 11.5. The fraction of sp³-hybridized carbons (Fsp3) is 0.600. The van der Waals surface area contributed by atoms with Crippen LogP contribution in [0.4, 0.5) is 5.13 Å². The number of amides is 1. The van der Waals surface area contributed by atoms with E-state index in [2.05, 4.69) is 10.3 Å². The first-order chi connectivity index (χ1) is 7.25. The molecule has 1 aliphatic carbocycles. The van der Waals surface area contributed by atoms with Gasteiger partial charge in [0.05, 0.1) is 5.69 Å². The van der Waals surface area contributed by atoms with Crippen LogP contribution in [-0.4, -0.2) is 17.4 Å². The summed E-state index contributed by atoms with van der Waals surface area (Å²) in [5, 5.41) is 5.46. The summed E-state index contributed by atoms with van der Waals surface area (Å²) in [5.74, 6) is 0.468. The minimum absolute atomic E-state index is 0.199. The van der Waals surface area contributed by atoms with Crippen molar-refractivity contribution in [3.8, 4) is 0 Å². The van der Waals surface area contributed by atoms with Gasteiger partial charge in [0.2, 0.25) is 5.91 Å². The SMILES string of the molecule is Nc1nc(CCNC(=O)C2CCC2)cs1. The largest absolute Gasteiger partial charge is 0.375 e. The minimum atomic E-state index is 0.199. The molecule has 3 N–H and O–H groups in total. The van der Waals surface area contributed by atoms with Crippen LogP contribution >= 0.6 is 11.3 Å². The van der Waals surface area contributed by atoms with E-state index in [9.17, 15) is 4.79 Å². The van der Waals surface area contributed by atoms with E-state index in [4.69, 9.17) is 5.73 Å². The van der Waals surface area contributed by atoms with Crippen molar-refractivity contribution < 1.29 is 4.79 Å². The Labute approximate surface area is 92.9 Å². The number of nitrogens with zero attached hydrogens (tertiary/aromatic N) is 1. The first kappa shape index (κ1) is 10.4. The molecule has 1 aromatic rings. The third kappa shape index (κ3) is 2.68. The third-order valence-corrected chi connectivity index (χ3v) is 3.45. The Kier molecular flexibility index (Phi) is 3.20. The molecule has 0 spiro atoms. The van der Waals surface area contributed by atoms with E-state index in [1.165, 1.54) is 17.8 Å². The Morgan fingerprint density at radius 1 is 1.67 bits per heavy atom. The summed E-state index contributed by atoms with van der Waals surface area (Å²) in [6.07, 6.45) is 4.07. The van der Waals surface area contributed by atoms with Gasteiger partial charge in [-0.15, -0.1) is 11.3 Å². The van der Waals surface area contributed by atoms with E-state index in [-0.39, 0.29) is 11.8 Å². The van der Waals surface area contributed by atoms with E-state index < -0.39 is 0 Å². The van der Waals surface area contributed by atoms with Crippen molar-refractivity contribution in [3.05, 3.63) is 11.1 Å². The Morgan fingerprint density at radius 3 is 3.00 bits per heavy atom. The molecule has 0 radical (unpaired) electrons. The van der Waals surface area contributed by atoms with Crippen LogP contribution in [0.15, 0.2) is 5.38 Å².